The van der Waals surface area contributed by atoms with E-state index < -0.39 is 15.6 Å². The molecule has 9 heteroatoms. The van der Waals surface area contributed by atoms with Gasteiger partial charge in [0.2, 0.25) is 15.9 Å². The normalized spacial score (nSPS) is 16.3. The van der Waals surface area contributed by atoms with Gasteiger partial charge in [-0.05, 0) is 55.5 Å². The van der Waals surface area contributed by atoms with Crippen molar-refractivity contribution in [3.63, 3.8) is 0 Å². The van der Waals surface area contributed by atoms with Crippen molar-refractivity contribution in [3.05, 3.63) is 58.3 Å². The fraction of sp³-hybridized carbons (Fsp3) is 0.455. The van der Waals surface area contributed by atoms with Crippen molar-refractivity contribution in [1.82, 2.24) is 14.6 Å². The number of carbonyl (C=O) groups is 1. The van der Waals surface area contributed by atoms with Gasteiger partial charge in [-0.25, -0.2) is 13.4 Å². The summed E-state index contributed by atoms with van der Waals surface area (Å²) < 4.78 is 27.2. The Morgan fingerprint density at radius 1 is 1.13 bits per heavy atom. The molecule has 0 bridgehead atoms. The molecule has 168 valence electrons. The van der Waals surface area contributed by atoms with Crippen LogP contribution < -0.4 is 5.32 Å². The third-order valence-corrected chi connectivity index (χ3v) is 8.73. The molecule has 3 rings (SSSR count). The monoisotopic (exact) mass is 483 g/mol. The number of carbonyl (C=O) groups excluding carboxylic acids is 1. The first-order chi connectivity index (χ1) is 14.7. The van der Waals surface area contributed by atoms with Crippen molar-refractivity contribution in [1.29, 1.82) is 0 Å². The summed E-state index contributed by atoms with van der Waals surface area (Å²) in [4.78, 5) is 17.0. The van der Waals surface area contributed by atoms with Gasteiger partial charge in [0.05, 0.1) is 5.54 Å². The zero-order valence-electron chi connectivity index (χ0n) is 17.6. The molecule has 0 unspecified atom stereocenters. The average molecular weight is 484 g/mol. The van der Waals surface area contributed by atoms with Crippen LogP contribution in [0.2, 0.25) is 10.2 Å². The molecule has 0 saturated carbocycles. The van der Waals surface area contributed by atoms with Gasteiger partial charge in [-0.2, -0.15) is 4.31 Å². The van der Waals surface area contributed by atoms with Crippen LogP contribution in [-0.2, 0) is 20.4 Å². The molecule has 1 aromatic carbocycles. The van der Waals surface area contributed by atoms with Gasteiger partial charge in [0.1, 0.15) is 10.0 Å². The third kappa shape index (κ3) is 5.06. The van der Waals surface area contributed by atoms with E-state index in [1.54, 1.807) is 6.07 Å². The zero-order chi connectivity index (χ0) is 22.6. The van der Waals surface area contributed by atoms with E-state index in [0.717, 1.165) is 18.4 Å². The Balaban J connectivity index is 1.69. The second kappa shape index (κ2) is 9.86. The number of benzene rings is 1. The van der Waals surface area contributed by atoms with Crippen LogP contribution in [0, 0.1) is 5.92 Å². The fourth-order valence-electron chi connectivity index (χ4n) is 4.08. The topological polar surface area (TPSA) is 79.4 Å². The molecule has 1 aromatic heterocycles. The molecule has 1 N–H and O–H groups in total. The minimum absolute atomic E-state index is 0.00158. The SMILES string of the molecule is CCC(CC)(NC(=O)C1CCN(S(=O)(=O)c2cccnc2Cl)CC1)c1ccc(Cl)cc1. The predicted octanol–water partition coefficient (Wildman–Crippen LogP) is 4.62. The summed E-state index contributed by atoms with van der Waals surface area (Å²) in [5.41, 5.74) is 0.537. The van der Waals surface area contributed by atoms with Crippen molar-refractivity contribution in [2.24, 2.45) is 5.92 Å². The van der Waals surface area contributed by atoms with Crippen LogP contribution in [-0.4, -0.2) is 36.7 Å². The lowest BCUT2D eigenvalue weighted by molar-refractivity contribution is -0.128. The molecule has 0 radical (unpaired) electrons. The molecule has 0 spiro atoms. The first-order valence-electron chi connectivity index (χ1n) is 10.4. The van der Waals surface area contributed by atoms with Gasteiger partial charge in [-0.1, -0.05) is 49.2 Å². The molecular formula is C22H27Cl2N3O3S. The molecular weight excluding hydrogens is 457 g/mol. The number of sulfonamides is 1. The number of hydrogen-bond acceptors (Lipinski definition) is 4. The van der Waals surface area contributed by atoms with Crippen LogP contribution in [0.15, 0.2) is 47.5 Å². The molecule has 0 atom stereocenters. The van der Waals surface area contributed by atoms with Crippen molar-refractivity contribution < 1.29 is 13.2 Å². The molecule has 1 saturated heterocycles. The Hall–Kier alpha value is -1.67. The highest BCUT2D eigenvalue weighted by atomic mass is 35.5. The number of piperidine rings is 1. The number of pyridine rings is 1. The second-order valence-electron chi connectivity index (χ2n) is 7.76. The average Bonchev–Trinajstić information content (AvgIpc) is 2.78. The molecule has 1 amide bonds. The van der Waals surface area contributed by atoms with Crippen molar-refractivity contribution in [3.8, 4) is 0 Å². The van der Waals surface area contributed by atoms with E-state index in [-0.39, 0.29) is 35.0 Å². The van der Waals surface area contributed by atoms with Crippen LogP contribution >= 0.6 is 23.2 Å². The number of aromatic nitrogens is 1. The second-order valence-corrected chi connectivity index (χ2v) is 10.5. The van der Waals surface area contributed by atoms with E-state index in [0.29, 0.717) is 17.9 Å². The number of rotatable bonds is 7. The molecule has 2 heterocycles. The summed E-state index contributed by atoms with van der Waals surface area (Å²) in [6.45, 7) is 4.62. The molecule has 0 aliphatic carbocycles. The van der Waals surface area contributed by atoms with Crippen molar-refractivity contribution in [2.75, 3.05) is 13.1 Å². The Morgan fingerprint density at radius 3 is 2.29 bits per heavy atom. The maximum atomic E-state index is 13.1. The van der Waals surface area contributed by atoms with Crippen LogP contribution in [0.1, 0.15) is 45.1 Å². The summed E-state index contributed by atoms with van der Waals surface area (Å²) in [5, 5.41) is 3.86. The third-order valence-electron chi connectivity index (χ3n) is 6.13. The Bertz CT molecular complexity index is 1020. The molecule has 1 aliphatic heterocycles. The summed E-state index contributed by atoms with van der Waals surface area (Å²) >= 11 is 12.0. The Kier molecular flexibility index (Phi) is 7.63. The molecule has 1 aliphatic rings. The van der Waals surface area contributed by atoms with Crippen molar-refractivity contribution in [2.45, 2.75) is 50.0 Å². The Labute approximate surface area is 194 Å². The van der Waals surface area contributed by atoms with E-state index >= 15 is 0 Å². The highest BCUT2D eigenvalue weighted by Crippen LogP contribution is 2.32. The van der Waals surface area contributed by atoms with Crippen molar-refractivity contribution >= 4 is 39.1 Å². The molecule has 1 fully saturated rings. The maximum absolute atomic E-state index is 13.1. The fourth-order valence-corrected chi connectivity index (χ4v) is 6.10. The van der Waals surface area contributed by atoms with Gasteiger partial charge >= 0.3 is 0 Å². The lowest BCUT2D eigenvalue weighted by Crippen LogP contribution is -2.50. The maximum Gasteiger partial charge on any atom is 0.246 e. The largest absolute Gasteiger partial charge is 0.346 e. The number of halogens is 2. The standard InChI is InChI=1S/C22H27Cl2N3O3S/c1-3-22(4-2,17-7-9-18(23)10-8-17)26-21(28)16-11-14-27(15-12-16)31(29,30)19-6-5-13-25-20(19)24/h5-10,13,16H,3-4,11-12,14-15H2,1-2H3,(H,26,28). The highest BCUT2D eigenvalue weighted by Gasteiger charge is 2.36. The van der Waals surface area contributed by atoms with Gasteiger partial charge in [-0.3, -0.25) is 4.79 Å². The lowest BCUT2D eigenvalue weighted by Gasteiger charge is -2.37. The van der Waals surface area contributed by atoms with E-state index in [1.165, 1.54) is 16.6 Å². The van der Waals surface area contributed by atoms with Gasteiger partial charge in [-0.15, -0.1) is 0 Å². The molecule has 2 aromatic rings. The number of hydrogen-bond donors (Lipinski definition) is 1. The van der Waals surface area contributed by atoms with E-state index in [9.17, 15) is 13.2 Å². The zero-order valence-corrected chi connectivity index (χ0v) is 20.0. The van der Waals surface area contributed by atoms with E-state index in [2.05, 4.69) is 10.3 Å². The van der Waals surface area contributed by atoms with Crippen LogP contribution in [0.25, 0.3) is 0 Å². The minimum Gasteiger partial charge on any atom is -0.346 e. The van der Waals surface area contributed by atoms with Crippen LogP contribution in [0.5, 0.6) is 0 Å². The minimum atomic E-state index is -3.74. The van der Waals surface area contributed by atoms with E-state index in [1.807, 2.05) is 38.1 Å². The van der Waals surface area contributed by atoms with Gasteiger partial charge in [0.15, 0.2) is 0 Å². The summed E-state index contributed by atoms with van der Waals surface area (Å²) in [6, 6.07) is 10.5. The lowest BCUT2D eigenvalue weighted by atomic mass is 9.83. The van der Waals surface area contributed by atoms with Crippen LogP contribution in [0.4, 0.5) is 0 Å². The first-order valence-corrected chi connectivity index (χ1v) is 12.6. The summed E-state index contributed by atoms with van der Waals surface area (Å²) in [6.07, 6.45) is 3.83. The number of nitrogens with one attached hydrogen (secondary N) is 1. The summed E-state index contributed by atoms with van der Waals surface area (Å²) in [5.74, 6) is -0.296. The van der Waals surface area contributed by atoms with Gasteiger partial charge in [0, 0.05) is 30.2 Å². The number of amides is 1. The molecule has 6 nitrogen and oxygen atoms in total. The highest BCUT2D eigenvalue weighted by molar-refractivity contribution is 7.89. The quantitative estimate of drug-likeness (QED) is 0.582. The predicted molar refractivity (Wildman–Crippen MR) is 123 cm³/mol. The van der Waals surface area contributed by atoms with E-state index in [4.69, 9.17) is 23.2 Å². The van der Waals surface area contributed by atoms with Crippen LogP contribution in [0.3, 0.4) is 0 Å². The smallest absolute Gasteiger partial charge is 0.246 e. The molecule has 31 heavy (non-hydrogen) atoms. The summed E-state index contributed by atoms with van der Waals surface area (Å²) in [7, 11) is -3.74. The van der Waals surface area contributed by atoms with Gasteiger partial charge in [0.25, 0.3) is 0 Å². The Morgan fingerprint density at radius 2 is 1.74 bits per heavy atom. The number of nitrogens with zero attached hydrogens (tertiary/aromatic N) is 2. The first kappa shape index (κ1) is 24.0. The van der Waals surface area contributed by atoms with Gasteiger partial charge < -0.3 is 5.32 Å².